The molecule has 1 saturated heterocycles. The minimum atomic E-state index is -0.341. The number of phenols is 2. The van der Waals surface area contributed by atoms with Gasteiger partial charge in [-0.25, -0.2) is 0 Å². The molecule has 1 aliphatic rings. The molecule has 0 aromatic heterocycles. The van der Waals surface area contributed by atoms with Crippen LogP contribution in [0, 0.1) is 0 Å². The summed E-state index contributed by atoms with van der Waals surface area (Å²) in [4.78, 5) is 22.8. The lowest BCUT2D eigenvalue weighted by atomic mass is 10.1. The summed E-state index contributed by atoms with van der Waals surface area (Å²) in [5.41, 5.74) is 0.266. The van der Waals surface area contributed by atoms with Crippen LogP contribution >= 0.6 is 0 Å². The number of carbonyl (C=O) groups excluding carboxylic acids is 2. The van der Waals surface area contributed by atoms with Crippen LogP contribution in [0.3, 0.4) is 0 Å². The van der Waals surface area contributed by atoms with Gasteiger partial charge in [0.2, 0.25) is 5.91 Å². The van der Waals surface area contributed by atoms with Gasteiger partial charge in [-0.1, -0.05) is 0 Å². The monoisotopic (exact) mass is 250 g/mol. The Morgan fingerprint density at radius 1 is 1.33 bits per heavy atom. The van der Waals surface area contributed by atoms with Crippen LogP contribution in [-0.4, -0.2) is 34.6 Å². The van der Waals surface area contributed by atoms with Crippen molar-refractivity contribution < 1.29 is 19.8 Å². The highest BCUT2D eigenvalue weighted by Crippen LogP contribution is 2.24. The summed E-state index contributed by atoms with van der Waals surface area (Å²) in [7, 11) is 0. The van der Waals surface area contributed by atoms with Crippen LogP contribution in [0.25, 0.3) is 0 Å². The topological polar surface area (TPSA) is 98.7 Å². The Balaban J connectivity index is 1.99. The molecule has 1 heterocycles. The van der Waals surface area contributed by atoms with Gasteiger partial charge in [-0.15, -0.1) is 0 Å². The summed E-state index contributed by atoms with van der Waals surface area (Å²) in [5, 5.41) is 23.9. The Kier molecular flexibility index (Phi) is 3.36. The molecular weight excluding hydrogens is 236 g/mol. The number of rotatable bonds is 2. The van der Waals surface area contributed by atoms with Gasteiger partial charge in [-0.3, -0.25) is 9.59 Å². The van der Waals surface area contributed by atoms with Gasteiger partial charge in [0.25, 0.3) is 5.91 Å². The van der Waals surface area contributed by atoms with Crippen LogP contribution in [0.5, 0.6) is 11.5 Å². The summed E-state index contributed by atoms with van der Waals surface area (Å²) in [6.07, 6.45) is 0.993. The third-order valence-electron chi connectivity index (χ3n) is 2.84. The molecular formula is C12H14N2O4. The third-order valence-corrected chi connectivity index (χ3v) is 2.84. The number of benzene rings is 1. The quantitative estimate of drug-likeness (QED) is 0.560. The first-order valence-electron chi connectivity index (χ1n) is 5.66. The molecule has 1 aliphatic heterocycles. The Hall–Kier alpha value is -2.24. The lowest BCUT2D eigenvalue weighted by Crippen LogP contribution is -2.47. The molecule has 2 amide bonds. The second kappa shape index (κ2) is 4.95. The average molecular weight is 250 g/mol. The van der Waals surface area contributed by atoms with Crippen LogP contribution in [0.1, 0.15) is 23.2 Å². The lowest BCUT2D eigenvalue weighted by molar-refractivity contribution is -0.122. The predicted octanol–water partition coefficient (Wildman–Crippen LogP) is 0.106. The van der Waals surface area contributed by atoms with Crippen molar-refractivity contribution in [2.24, 2.45) is 0 Å². The molecule has 1 atom stereocenters. The number of phenolic OH excluding ortho intramolecular Hbond substituents is 2. The summed E-state index contributed by atoms with van der Waals surface area (Å²) >= 11 is 0. The van der Waals surface area contributed by atoms with Crippen molar-refractivity contribution in [2.75, 3.05) is 6.54 Å². The van der Waals surface area contributed by atoms with Crippen LogP contribution < -0.4 is 10.6 Å². The van der Waals surface area contributed by atoms with Crippen molar-refractivity contribution in [1.29, 1.82) is 0 Å². The van der Waals surface area contributed by atoms with E-state index in [1.807, 2.05) is 0 Å². The van der Waals surface area contributed by atoms with E-state index in [-0.39, 0.29) is 34.9 Å². The minimum absolute atomic E-state index is 0.0113. The van der Waals surface area contributed by atoms with Crippen molar-refractivity contribution in [1.82, 2.24) is 10.6 Å². The SMILES string of the molecule is O=C1CCC(NC(=O)c2ccc(O)c(O)c2)CN1. The second-order valence-corrected chi connectivity index (χ2v) is 4.22. The fourth-order valence-corrected chi connectivity index (χ4v) is 1.79. The minimum Gasteiger partial charge on any atom is -0.504 e. The Morgan fingerprint density at radius 3 is 2.72 bits per heavy atom. The van der Waals surface area contributed by atoms with Crippen molar-refractivity contribution >= 4 is 11.8 Å². The zero-order chi connectivity index (χ0) is 13.1. The van der Waals surface area contributed by atoms with E-state index in [0.29, 0.717) is 19.4 Å². The van der Waals surface area contributed by atoms with Crippen LogP contribution in [0.4, 0.5) is 0 Å². The molecule has 1 unspecified atom stereocenters. The van der Waals surface area contributed by atoms with E-state index in [2.05, 4.69) is 10.6 Å². The summed E-state index contributed by atoms with van der Waals surface area (Å²) in [6, 6.07) is 3.77. The van der Waals surface area contributed by atoms with Gasteiger partial charge in [-0.05, 0) is 24.6 Å². The first-order valence-corrected chi connectivity index (χ1v) is 5.66. The van der Waals surface area contributed by atoms with E-state index >= 15 is 0 Å². The molecule has 96 valence electrons. The highest BCUT2D eigenvalue weighted by Gasteiger charge is 2.20. The summed E-state index contributed by atoms with van der Waals surface area (Å²) in [5.74, 6) is -0.953. The molecule has 0 spiro atoms. The first-order chi connectivity index (χ1) is 8.56. The third kappa shape index (κ3) is 2.71. The normalized spacial score (nSPS) is 19.1. The average Bonchev–Trinajstić information content (AvgIpc) is 2.35. The number of nitrogens with one attached hydrogen (secondary N) is 2. The fraction of sp³-hybridized carbons (Fsp3) is 0.333. The molecule has 18 heavy (non-hydrogen) atoms. The highest BCUT2D eigenvalue weighted by molar-refractivity contribution is 5.95. The number of hydrogen-bond acceptors (Lipinski definition) is 4. The molecule has 6 nitrogen and oxygen atoms in total. The van der Waals surface area contributed by atoms with Crippen LogP contribution in [-0.2, 0) is 4.79 Å². The molecule has 1 aromatic carbocycles. The molecule has 4 N–H and O–H groups in total. The largest absolute Gasteiger partial charge is 0.504 e. The van der Waals surface area contributed by atoms with Gasteiger partial charge in [0, 0.05) is 24.6 Å². The maximum Gasteiger partial charge on any atom is 0.251 e. The summed E-state index contributed by atoms with van der Waals surface area (Å²) < 4.78 is 0. The van der Waals surface area contributed by atoms with E-state index < -0.39 is 0 Å². The predicted molar refractivity (Wildman–Crippen MR) is 63.3 cm³/mol. The molecule has 0 bridgehead atoms. The fourth-order valence-electron chi connectivity index (χ4n) is 1.79. The number of hydrogen-bond donors (Lipinski definition) is 4. The maximum absolute atomic E-state index is 11.8. The standard InChI is InChI=1S/C12H14N2O4/c15-9-3-1-7(5-10(9)16)12(18)14-8-2-4-11(17)13-6-8/h1,3,5,8,15-16H,2,4,6H2,(H,13,17)(H,14,18). The van der Waals surface area contributed by atoms with E-state index in [0.717, 1.165) is 0 Å². The molecule has 0 aliphatic carbocycles. The van der Waals surface area contributed by atoms with Gasteiger partial charge in [0.1, 0.15) is 0 Å². The second-order valence-electron chi connectivity index (χ2n) is 4.22. The van der Waals surface area contributed by atoms with Gasteiger partial charge in [0.15, 0.2) is 11.5 Å². The van der Waals surface area contributed by atoms with Gasteiger partial charge >= 0.3 is 0 Å². The van der Waals surface area contributed by atoms with E-state index in [9.17, 15) is 14.7 Å². The summed E-state index contributed by atoms with van der Waals surface area (Å²) in [6.45, 7) is 0.411. The molecule has 6 heteroatoms. The maximum atomic E-state index is 11.8. The Morgan fingerprint density at radius 2 is 2.11 bits per heavy atom. The highest BCUT2D eigenvalue weighted by atomic mass is 16.3. The number of aromatic hydroxyl groups is 2. The number of amides is 2. The Labute approximate surface area is 104 Å². The van der Waals surface area contributed by atoms with Crippen molar-refractivity contribution in [3.05, 3.63) is 23.8 Å². The van der Waals surface area contributed by atoms with E-state index in [4.69, 9.17) is 5.11 Å². The number of piperidine rings is 1. The molecule has 2 rings (SSSR count). The number of carbonyl (C=O) groups is 2. The van der Waals surface area contributed by atoms with Crippen LogP contribution in [0.15, 0.2) is 18.2 Å². The molecule has 0 saturated carbocycles. The zero-order valence-electron chi connectivity index (χ0n) is 9.64. The van der Waals surface area contributed by atoms with E-state index in [1.54, 1.807) is 0 Å². The van der Waals surface area contributed by atoms with E-state index in [1.165, 1.54) is 18.2 Å². The van der Waals surface area contributed by atoms with Crippen molar-refractivity contribution in [3.63, 3.8) is 0 Å². The van der Waals surface area contributed by atoms with Gasteiger partial charge < -0.3 is 20.8 Å². The first kappa shape index (κ1) is 12.2. The van der Waals surface area contributed by atoms with Crippen molar-refractivity contribution in [3.8, 4) is 11.5 Å². The van der Waals surface area contributed by atoms with Crippen molar-refractivity contribution in [2.45, 2.75) is 18.9 Å². The van der Waals surface area contributed by atoms with Crippen LogP contribution in [0.2, 0.25) is 0 Å². The Bertz CT molecular complexity index is 477. The molecule has 1 fully saturated rings. The van der Waals surface area contributed by atoms with Gasteiger partial charge in [0.05, 0.1) is 0 Å². The smallest absolute Gasteiger partial charge is 0.251 e. The lowest BCUT2D eigenvalue weighted by Gasteiger charge is -2.23. The molecule has 1 aromatic rings. The van der Waals surface area contributed by atoms with Gasteiger partial charge in [-0.2, -0.15) is 0 Å². The molecule has 0 radical (unpaired) electrons. The zero-order valence-corrected chi connectivity index (χ0v) is 9.64.